The second-order valence-corrected chi connectivity index (χ2v) is 10.9. The van der Waals surface area contributed by atoms with Gasteiger partial charge in [-0.3, -0.25) is 0 Å². The van der Waals surface area contributed by atoms with Crippen LogP contribution in [0.1, 0.15) is 117 Å². The summed E-state index contributed by atoms with van der Waals surface area (Å²) in [6, 6.07) is 19.5. The lowest BCUT2D eigenvalue weighted by Crippen LogP contribution is -2.09. The van der Waals surface area contributed by atoms with Gasteiger partial charge in [-0.1, -0.05) is 120 Å². The van der Waals surface area contributed by atoms with Gasteiger partial charge in [0.2, 0.25) is 0 Å². The van der Waals surface area contributed by atoms with Crippen molar-refractivity contribution >= 4 is 5.97 Å². The molecule has 3 aromatic rings. The smallest absolute Gasteiger partial charge is 0.347 e. The van der Waals surface area contributed by atoms with Crippen molar-refractivity contribution in [3.63, 3.8) is 0 Å². The highest BCUT2D eigenvalue weighted by Gasteiger charge is 2.20. The number of aromatic hydroxyl groups is 1. The highest BCUT2D eigenvalue weighted by atomic mass is 16.5. The monoisotopic (exact) mass is 512 g/mol. The molecular formula is C35H44O3. The van der Waals surface area contributed by atoms with E-state index in [1.165, 1.54) is 93.7 Å². The Hall–Kier alpha value is -3.07. The first-order chi connectivity index (χ1) is 18.7. The zero-order valence-electron chi connectivity index (χ0n) is 23.1. The standard InChI is InChI=1S/C35H44O3/c1-2-3-4-5-6-7-8-9-10-11-12-13-14-17-27-20-22-33(34(36)24-27)35(37)38-30-21-23-32-29(26-30)25-28-18-15-16-19-31(28)32/h15-16,18-24,26,36H,2-14,17,25H2,1H3. The van der Waals surface area contributed by atoms with E-state index in [2.05, 4.69) is 25.1 Å². The third kappa shape index (κ3) is 7.96. The molecule has 3 aromatic carbocycles. The maximum Gasteiger partial charge on any atom is 0.347 e. The van der Waals surface area contributed by atoms with Crippen LogP contribution in [-0.2, 0) is 12.8 Å². The average molecular weight is 513 g/mol. The molecule has 0 unspecified atom stereocenters. The van der Waals surface area contributed by atoms with Crippen LogP contribution in [-0.4, -0.2) is 11.1 Å². The number of phenolic OH excluding ortho intramolecular Hbond substituents is 1. The van der Waals surface area contributed by atoms with Gasteiger partial charge in [0.05, 0.1) is 0 Å². The molecule has 0 aromatic heterocycles. The van der Waals surface area contributed by atoms with Gasteiger partial charge in [-0.25, -0.2) is 4.79 Å². The third-order valence-corrected chi connectivity index (χ3v) is 7.83. The van der Waals surface area contributed by atoms with E-state index in [1.54, 1.807) is 12.1 Å². The van der Waals surface area contributed by atoms with Crippen molar-refractivity contribution in [3.05, 3.63) is 82.9 Å². The molecule has 3 heteroatoms. The Bertz CT molecular complexity index is 1180. The number of rotatable bonds is 16. The fraction of sp³-hybridized carbons (Fsp3) is 0.457. The van der Waals surface area contributed by atoms with E-state index in [0.29, 0.717) is 5.75 Å². The van der Waals surface area contributed by atoms with Crippen LogP contribution < -0.4 is 4.74 Å². The predicted octanol–water partition coefficient (Wildman–Crippen LogP) is 9.82. The largest absolute Gasteiger partial charge is 0.507 e. The van der Waals surface area contributed by atoms with Gasteiger partial charge in [0.25, 0.3) is 0 Å². The minimum absolute atomic E-state index is 0.00393. The average Bonchev–Trinajstić information content (AvgIpc) is 3.29. The summed E-state index contributed by atoms with van der Waals surface area (Å²) in [6.45, 7) is 2.27. The van der Waals surface area contributed by atoms with E-state index < -0.39 is 5.97 Å². The lowest BCUT2D eigenvalue weighted by molar-refractivity contribution is 0.0731. The number of fused-ring (bicyclic) bond motifs is 3. The normalized spacial score (nSPS) is 11.8. The maximum atomic E-state index is 12.8. The molecule has 0 heterocycles. The van der Waals surface area contributed by atoms with Gasteiger partial charge in [0, 0.05) is 0 Å². The number of benzene rings is 3. The summed E-state index contributed by atoms with van der Waals surface area (Å²) >= 11 is 0. The van der Waals surface area contributed by atoms with Gasteiger partial charge in [-0.15, -0.1) is 0 Å². The molecule has 4 rings (SSSR count). The van der Waals surface area contributed by atoms with Crippen molar-refractivity contribution in [2.24, 2.45) is 0 Å². The van der Waals surface area contributed by atoms with E-state index >= 15 is 0 Å². The lowest BCUT2D eigenvalue weighted by Gasteiger charge is -2.09. The Balaban J connectivity index is 1.14. The number of hydrogen-bond acceptors (Lipinski definition) is 3. The zero-order valence-corrected chi connectivity index (χ0v) is 23.1. The maximum absolute atomic E-state index is 12.8. The van der Waals surface area contributed by atoms with E-state index in [0.717, 1.165) is 30.4 Å². The van der Waals surface area contributed by atoms with E-state index in [4.69, 9.17) is 4.74 Å². The highest BCUT2D eigenvalue weighted by molar-refractivity contribution is 5.94. The summed E-state index contributed by atoms with van der Waals surface area (Å²) in [4.78, 5) is 12.8. The first-order valence-corrected chi connectivity index (χ1v) is 14.9. The molecule has 0 saturated carbocycles. The van der Waals surface area contributed by atoms with Crippen LogP contribution in [0.15, 0.2) is 60.7 Å². The van der Waals surface area contributed by atoms with Gasteiger partial charge in [0.1, 0.15) is 17.1 Å². The van der Waals surface area contributed by atoms with Crippen molar-refractivity contribution in [2.45, 2.75) is 103 Å². The van der Waals surface area contributed by atoms with E-state index in [1.807, 2.05) is 30.3 Å². The molecule has 202 valence electrons. The van der Waals surface area contributed by atoms with Crippen LogP contribution >= 0.6 is 0 Å². The van der Waals surface area contributed by atoms with Crippen LogP contribution in [0, 0.1) is 0 Å². The van der Waals surface area contributed by atoms with Crippen LogP contribution in [0.3, 0.4) is 0 Å². The third-order valence-electron chi connectivity index (χ3n) is 7.83. The molecule has 0 aliphatic heterocycles. The fourth-order valence-corrected chi connectivity index (χ4v) is 5.60. The Morgan fingerprint density at radius 3 is 2.03 bits per heavy atom. The quantitative estimate of drug-likeness (QED) is 0.0923. The number of carbonyl (C=O) groups excluding carboxylic acids is 1. The van der Waals surface area contributed by atoms with Crippen molar-refractivity contribution in [1.82, 2.24) is 0 Å². The molecule has 0 spiro atoms. The summed E-state index contributed by atoms with van der Waals surface area (Å²) in [7, 11) is 0. The molecule has 1 aliphatic rings. The predicted molar refractivity (Wildman–Crippen MR) is 157 cm³/mol. The molecule has 0 radical (unpaired) electrons. The fourth-order valence-electron chi connectivity index (χ4n) is 5.60. The number of phenols is 1. The SMILES string of the molecule is CCCCCCCCCCCCCCCc1ccc(C(=O)Oc2ccc3c(c2)Cc2ccccc2-3)c(O)c1. The molecule has 0 saturated heterocycles. The van der Waals surface area contributed by atoms with Crippen molar-refractivity contribution in [2.75, 3.05) is 0 Å². The van der Waals surface area contributed by atoms with Gasteiger partial charge < -0.3 is 9.84 Å². The summed E-state index contributed by atoms with van der Waals surface area (Å²) in [6.07, 6.45) is 19.1. The minimum atomic E-state index is -0.523. The molecule has 0 bridgehead atoms. The van der Waals surface area contributed by atoms with Crippen LogP contribution in [0.25, 0.3) is 11.1 Å². The van der Waals surface area contributed by atoms with Gasteiger partial charge in [-0.2, -0.15) is 0 Å². The van der Waals surface area contributed by atoms with Crippen molar-refractivity contribution in [1.29, 1.82) is 0 Å². The first-order valence-electron chi connectivity index (χ1n) is 14.9. The molecule has 0 atom stereocenters. The number of ether oxygens (including phenoxy) is 1. The van der Waals surface area contributed by atoms with Crippen LogP contribution in [0.4, 0.5) is 0 Å². The number of esters is 1. The van der Waals surface area contributed by atoms with Crippen LogP contribution in [0.2, 0.25) is 0 Å². The van der Waals surface area contributed by atoms with Crippen LogP contribution in [0.5, 0.6) is 11.5 Å². The second kappa shape index (κ2) is 14.8. The van der Waals surface area contributed by atoms with E-state index in [9.17, 15) is 9.90 Å². The summed E-state index contributed by atoms with van der Waals surface area (Å²) in [5.74, 6) is -0.0155. The summed E-state index contributed by atoms with van der Waals surface area (Å²) < 4.78 is 5.63. The Morgan fingerprint density at radius 2 is 1.34 bits per heavy atom. The molecule has 0 fully saturated rings. The van der Waals surface area contributed by atoms with E-state index in [-0.39, 0.29) is 11.3 Å². The molecular weight excluding hydrogens is 468 g/mol. The topological polar surface area (TPSA) is 46.5 Å². The molecule has 0 amide bonds. The number of carbonyl (C=O) groups is 1. The minimum Gasteiger partial charge on any atom is -0.507 e. The highest BCUT2D eigenvalue weighted by Crippen LogP contribution is 2.38. The summed E-state index contributed by atoms with van der Waals surface area (Å²) in [5.41, 5.74) is 6.18. The van der Waals surface area contributed by atoms with Gasteiger partial charge in [0.15, 0.2) is 0 Å². The Kier molecular flexibility index (Phi) is 10.9. The second-order valence-electron chi connectivity index (χ2n) is 10.9. The number of hydrogen-bond donors (Lipinski definition) is 1. The zero-order chi connectivity index (χ0) is 26.6. The Morgan fingerprint density at radius 1 is 0.711 bits per heavy atom. The van der Waals surface area contributed by atoms with Gasteiger partial charge in [-0.05, 0) is 71.3 Å². The Labute approximate surface area is 229 Å². The first kappa shape index (κ1) is 28.0. The summed E-state index contributed by atoms with van der Waals surface area (Å²) in [5, 5.41) is 10.5. The number of unbranched alkanes of at least 4 members (excludes halogenated alkanes) is 12. The molecule has 38 heavy (non-hydrogen) atoms. The lowest BCUT2D eigenvalue weighted by atomic mass is 10.0. The molecule has 1 aliphatic carbocycles. The molecule has 3 nitrogen and oxygen atoms in total. The molecule has 1 N–H and O–H groups in total. The number of aryl methyl sites for hydroxylation is 1. The van der Waals surface area contributed by atoms with Gasteiger partial charge >= 0.3 is 5.97 Å². The van der Waals surface area contributed by atoms with Crippen molar-refractivity contribution < 1.29 is 14.6 Å². The van der Waals surface area contributed by atoms with Crippen molar-refractivity contribution in [3.8, 4) is 22.6 Å².